The van der Waals surface area contributed by atoms with Crippen LogP contribution in [-0.2, 0) is 6.54 Å². The maximum atomic E-state index is 5.92. The molecular weight excluding hydrogens is 214 g/mol. The highest BCUT2D eigenvalue weighted by atomic mass is 35.5. The molecule has 0 saturated heterocycles. The van der Waals surface area contributed by atoms with Crippen LogP contribution in [0.15, 0.2) is 29.3 Å². The van der Waals surface area contributed by atoms with Crippen molar-refractivity contribution < 1.29 is 4.42 Å². The van der Waals surface area contributed by atoms with E-state index in [1.54, 1.807) is 12.4 Å². The van der Waals surface area contributed by atoms with Crippen molar-refractivity contribution >= 4 is 17.3 Å². The Kier molecular flexibility index (Phi) is 2.87. The molecule has 0 aromatic carbocycles. The Balaban J connectivity index is 2.07. The molecular formula is C10H10ClN3O. The molecule has 0 bridgehead atoms. The van der Waals surface area contributed by atoms with E-state index in [1.807, 2.05) is 13.0 Å². The molecule has 0 amide bonds. The normalized spacial score (nSPS) is 10.3. The van der Waals surface area contributed by atoms with Crippen LogP contribution < -0.4 is 5.32 Å². The maximum Gasteiger partial charge on any atom is 0.180 e. The Hall–Kier alpha value is -1.55. The van der Waals surface area contributed by atoms with Crippen LogP contribution in [0.25, 0.3) is 0 Å². The van der Waals surface area contributed by atoms with Crippen molar-refractivity contribution in [2.24, 2.45) is 0 Å². The number of halogens is 1. The molecule has 0 spiro atoms. The number of aromatic nitrogens is 2. The lowest BCUT2D eigenvalue weighted by atomic mass is 10.3. The third kappa shape index (κ3) is 2.47. The first kappa shape index (κ1) is 9.98. The maximum absolute atomic E-state index is 5.92. The molecule has 0 fully saturated rings. The number of pyridine rings is 1. The topological polar surface area (TPSA) is 51.0 Å². The number of nitrogens with zero attached hydrogens (tertiary/aromatic N) is 2. The molecule has 0 saturated carbocycles. The standard InChI is InChI=1S/C10H10ClN3O/c1-7-2-9(10(11)14-3-7)13-5-8-4-12-6-15-8/h2-4,6,13H,5H2,1H3. The van der Waals surface area contributed by atoms with Gasteiger partial charge in [-0.3, -0.25) is 0 Å². The number of aryl methyl sites for hydroxylation is 1. The van der Waals surface area contributed by atoms with Gasteiger partial charge in [-0.15, -0.1) is 0 Å². The van der Waals surface area contributed by atoms with Gasteiger partial charge in [-0.1, -0.05) is 11.6 Å². The van der Waals surface area contributed by atoms with Crippen molar-refractivity contribution in [3.8, 4) is 0 Å². The smallest absolute Gasteiger partial charge is 0.180 e. The summed E-state index contributed by atoms with van der Waals surface area (Å²) in [7, 11) is 0. The number of anilines is 1. The minimum Gasteiger partial charge on any atom is -0.447 e. The van der Waals surface area contributed by atoms with Crippen LogP contribution in [0.4, 0.5) is 5.69 Å². The molecule has 0 unspecified atom stereocenters. The average Bonchev–Trinajstić information content (AvgIpc) is 2.72. The third-order valence-electron chi connectivity index (χ3n) is 1.91. The van der Waals surface area contributed by atoms with Crippen LogP contribution in [-0.4, -0.2) is 9.97 Å². The second kappa shape index (κ2) is 4.31. The van der Waals surface area contributed by atoms with Crippen LogP contribution in [0.5, 0.6) is 0 Å². The van der Waals surface area contributed by atoms with Crippen LogP contribution >= 0.6 is 11.6 Å². The lowest BCUT2D eigenvalue weighted by Gasteiger charge is -2.06. The Labute approximate surface area is 92.3 Å². The van der Waals surface area contributed by atoms with Crippen LogP contribution in [0, 0.1) is 6.92 Å². The summed E-state index contributed by atoms with van der Waals surface area (Å²) in [6.07, 6.45) is 4.78. The summed E-state index contributed by atoms with van der Waals surface area (Å²) < 4.78 is 5.09. The van der Waals surface area contributed by atoms with Crippen molar-refractivity contribution in [3.63, 3.8) is 0 Å². The number of rotatable bonds is 3. The molecule has 2 aromatic rings. The Morgan fingerprint density at radius 3 is 3.07 bits per heavy atom. The Morgan fingerprint density at radius 2 is 2.33 bits per heavy atom. The molecule has 2 rings (SSSR count). The predicted octanol–water partition coefficient (Wildman–Crippen LogP) is 2.64. The molecule has 2 aromatic heterocycles. The van der Waals surface area contributed by atoms with Crippen LogP contribution in [0.1, 0.15) is 11.3 Å². The molecule has 5 heteroatoms. The van der Waals surface area contributed by atoms with Gasteiger partial charge in [-0.25, -0.2) is 9.97 Å². The highest BCUT2D eigenvalue weighted by molar-refractivity contribution is 6.31. The monoisotopic (exact) mass is 223 g/mol. The van der Waals surface area contributed by atoms with Gasteiger partial charge in [0.2, 0.25) is 0 Å². The van der Waals surface area contributed by atoms with E-state index in [9.17, 15) is 0 Å². The Bertz CT molecular complexity index is 442. The van der Waals surface area contributed by atoms with Gasteiger partial charge in [0.15, 0.2) is 11.5 Å². The average molecular weight is 224 g/mol. The summed E-state index contributed by atoms with van der Waals surface area (Å²) in [5, 5.41) is 3.59. The highest BCUT2D eigenvalue weighted by Gasteiger charge is 2.02. The first-order valence-corrected chi connectivity index (χ1v) is 4.87. The lowest BCUT2D eigenvalue weighted by molar-refractivity contribution is 0.511. The highest BCUT2D eigenvalue weighted by Crippen LogP contribution is 2.20. The first-order valence-electron chi connectivity index (χ1n) is 4.49. The molecule has 0 radical (unpaired) electrons. The number of hydrogen-bond acceptors (Lipinski definition) is 4. The summed E-state index contributed by atoms with van der Waals surface area (Å²) in [5.41, 5.74) is 1.85. The zero-order chi connectivity index (χ0) is 10.7. The predicted molar refractivity (Wildman–Crippen MR) is 57.8 cm³/mol. The second-order valence-corrected chi connectivity index (χ2v) is 3.53. The van der Waals surface area contributed by atoms with Gasteiger partial charge in [0.05, 0.1) is 18.4 Å². The lowest BCUT2D eigenvalue weighted by Crippen LogP contribution is -2.00. The van der Waals surface area contributed by atoms with E-state index in [0.29, 0.717) is 11.7 Å². The summed E-state index contributed by atoms with van der Waals surface area (Å²) in [6, 6.07) is 1.94. The van der Waals surface area contributed by atoms with Crippen molar-refractivity contribution in [3.05, 3.63) is 41.3 Å². The van der Waals surface area contributed by atoms with Gasteiger partial charge >= 0.3 is 0 Å². The number of hydrogen-bond donors (Lipinski definition) is 1. The van der Waals surface area contributed by atoms with E-state index in [0.717, 1.165) is 17.0 Å². The molecule has 78 valence electrons. The van der Waals surface area contributed by atoms with E-state index >= 15 is 0 Å². The fourth-order valence-corrected chi connectivity index (χ4v) is 1.36. The SMILES string of the molecule is Cc1cnc(Cl)c(NCc2cnco2)c1. The molecule has 1 N–H and O–H groups in total. The molecule has 0 atom stereocenters. The summed E-state index contributed by atoms with van der Waals surface area (Å²) in [4.78, 5) is 7.85. The molecule has 2 heterocycles. The zero-order valence-electron chi connectivity index (χ0n) is 8.20. The minimum absolute atomic E-state index is 0.458. The molecule has 0 aliphatic carbocycles. The quantitative estimate of drug-likeness (QED) is 0.813. The summed E-state index contributed by atoms with van der Waals surface area (Å²) in [6.45, 7) is 2.51. The van der Waals surface area contributed by atoms with Crippen molar-refractivity contribution in [1.82, 2.24) is 9.97 Å². The van der Waals surface area contributed by atoms with Crippen molar-refractivity contribution in [2.45, 2.75) is 13.5 Å². The van der Waals surface area contributed by atoms with Gasteiger partial charge in [-0.05, 0) is 18.6 Å². The van der Waals surface area contributed by atoms with Gasteiger partial charge in [0.25, 0.3) is 0 Å². The van der Waals surface area contributed by atoms with E-state index in [4.69, 9.17) is 16.0 Å². The molecule has 4 nitrogen and oxygen atoms in total. The van der Waals surface area contributed by atoms with Crippen molar-refractivity contribution in [2.75, 3.05) is 5.32 Å². The fourth-order valence-electron chi connectivity index (χ4n) is 1.19. The molecule has 0 aliphatic heterocycles. The fraction of sp³-hybridized carbons (Fsp3) is 0.200. The molecule has 0 aliphatic rings. The van der Waals surface area contributed by atoms with Gasteiger partial charge in [0, 0.05) is 6.20 Å². The van der Waals surface area contributed by atoms with E-state index < -0.39 is 0 Å². The summed E-state index contributed by atoms with van der Waals surface area (Å²) in [5.74, 6) is 0.757. The summed E-state index contributed by atoms with van der Waals surface area (Å²) >= 11 is 5.92. The second-order valence-electron chi connectivity index (χ2n) is 3.17. The van der Waals surface area contributed by atoms with Gasteiger partial charge < -0.3 is 9.73 Å². The van der Waals surface area contributed by atoms with E-state index in [1.165, 1.54) is 6.39 Å². The van der Waals surface area contributed by atoms with Crippen LogP contribution in [0.3, 0.4) is 0 Å². The van der Waals surface area contributed by atoms with Gasteiger partial charge in [0.1, 0.15) is 5.76 Å². The van der Waals surface area contributed by atoms with E-state index in [-0.39, 0.29) is 0 Å². The largest absolute Gasteiger partial charge is 0.447 e. The number of oxazole rings is 1. The number of nitrogens with one attached hydrogen (secondary N) is 1. The van der Waals surface area contributed by atoms with E-state index in [2.05, 4.69) is 15.3 Å². The Morgan fingerprint density at radius 1 is 1.47 bits per heavy atom. The zero-order valence-corrected chi connectivity index (χ0v) is 8.95. The third-order valence-corrected chi connectivity index (χ3v) is 2.21. The molecule has 15 heavy (non-hydrogen) atoms. The van der Waals surface area contributed by atoms with Gasteiger partial charge in [-0.2, -0.15) is 0 Å². The van der Waals surface area contributed by atoms with Crippen molar-refractivity contribution in [1.29, 1.82) is 0 Å². The first-order chi connectivity index (χ1) is 7.25. The minimum atomic E-state index is 0.458. The van der Waals surface area contributed by atoms with Crippen LogP contribution in [0.2, 0.25) is 5.15 Å².